The van der Waals surface area contributed by atoms with Gasteiger partial charge in [-0.3, -0.25) is 4.90 Å². The van der Waals surface area contributed by atoms with E-state index in [2.05, 4.69) is 32.7 Å². The van der Waals surface area contributed by atoms with Gasteiger partial charge >= 0.3 is 0 Å². The molecule has 0 amide bonds. The van der Waals surface area contributed by atoms with Crippen LogP contribution in [0.4, 0.5) is 8.78 Å². The van der Waals surface area contributed by atoms with Crippen LogP contribution in [0.15, 0.2) is 28.8 Å². The molecule has 1 aromatic carbocycles. The Kier molecular flexibility index (Phi) is 9.74. The van der Waals surface area contributed by atoms with Crippen LogP contribution in [0, 0.1) is 11.6 Å². The van der Waals surface area contributed by atoms with Crippen molar-refractivity contribution in [3.8, 4) is 0 Å². The standard InChI is InChI=1S/C15H19BrF2N2.2ClH/c1-10(2)9-13(20-7-5-19-6-8-20)14-12(17)4-3-11(16)15(14)18;;/h3-4,13,19H,1,5-9H2,2H3;2*1H/t13-;;/m1../s1. The zero-order chi connectivity index (χ0) is 14.7. The zero-order valence-electron chi connectivity index (χ0n) is 12.4. The van der Waals surface area contributed by atoms with Crippen LogP contribution in [0.2, 0.25) is 0 Å². The molecular weight excluding hydrogens is 397 g/mol. The molecule has 0 aromatic heterocycles. The van der Waals surface area contributed by atoms with Gasteiger partial charge in [0, 0.05) is 37.8 Å². The Hall–Kier alpha value is -0.200. The summed E-state index contributed by atoms with van der Waals surface area (Å²) in [6, 6.07) is 2.42. The molecule has 22 heavy (non-hydrogen) atoms. The molecule has 0 spiro atoms. The van der Waals surface area contributed by atoms with Crippen LogP contribution in [0.25, 0.3) is 0 Å². The van der Waals surface area contributed by atoms with E-state index in [0.717, 1.165) is 31.8 Å². The van der Waals surface area contributed by atoms with Gasteiger partial charge in [-0.15, -0.1) is 31.4 Å². The second-order valence-electron chi connectivity index (χ2n) is 5.22. The topological polar surface area (TPSA) is 15.3 Å². The van der Waals surface area contributed by atoms with Crippen LogP contribution < -0.4 is 5.32 Å². The summed E-state index contributed by atoms with van der Waals surface area (Å²) in [5, 5.41) is 3.25. The number of hydrogen-bond donors (Lipinski definition) is 1. The first-order valence-corrected chi connectivity index (χ1v) is 7.52. The third-order valence-corrected chi connectivity index (χ3v) is 4.16. The summed E-state index contributed by atoms with van der Waals surface area (Å²) in [6.07, 6.45) is 0.560. The smallest absolute Gasteiger partial charge is 0.145 e. The molecule has 0 radical (unpaired) electrons. The lowest BCUT2D eigenvalue weighted by Crippen LogP contribution is -2.45. The highest BCUT2D eigenvalue weighted by Gasteiger charge is 2.28. The third kappa shape index (κ3) is 5.17. The van der Waals surface area contributed by atoms with Crippen LogP contribution in [0.3, 0.4) is 0 Å². The molecule has 7 heteroatoms. The normalized spacial score (nSPS) is 16.4. The number of nitrogens with one attached hydrogen (secondary N) is 1. The summed E-state index contributed by atoms with van der Waals surface area (Å²) in [4.78, 5) is 2.12. The fraction of sp³-hybridized carbons (Fsp3) is 0.467. The molecule has 1 aliphatic heterocycles. The minimum Gasteiger partial charge on any atom is -0.314 e. The Morgan fingerprint density at radius 3 is 2.45 bits per heavy atom. The fourth-order valence-corrected chi connectivity index (χ4v) is 2.93. The van der Waals surface area contributed by atoms with Crippen molar-refractivity contribution in [2.45, 2.75) is 19.4 Å². The highest BCUT2D eigenvalue weighted by molar-refractivity contribution is 9.10. The van der Waals surface area contributed by atoms with E-state index in [1.54, 1.807) is 0 Å². The number of hydrogen-bond acceptors (Lipinski definition) is 2. The largest absolute Gasteiger partial charge is 0.314 e. The van der Waals surface area contributed by atoms with Crippen LogP contribution >= 0.6 is 40.7 Å². The maximum Gasteiger partial charge on any atom is 0.145 e. The van der Waals surface area contributed by atoms with Gasteiger partial charge in [-0.1, -0.05) is 5.57 Å². The van der Waals surface area contributed by atoms with E-state index in [1.807, 2.05) is 6.92 Å². The Labute approximate surface area is 151 Å². The van der Waals surface area contributed by atoms with E-state index < -0.39 is 11.6 Å². The van der Waals surface area contributed by atoms with Crippen molar-refractivity contribution in [1.29, 1.82) is 0 Å². The Balaban J connectivity index is 0.00000220. The van der Waals surface area contributed by atoms with Gasteiger partial charge in [0.2, 0.25) is 0 Å². The zero-order valence-corrected chi connectivity index (χ0v) is 15.6. The van der Waals surface area contributed by atoms with Gasteiger partial charge < -0.3 is 5.32 Å². The van der Waals surface area contributed by atoms with Gasteiger partial charge in [0.15, 0.2) is 0 Å². The first-order valence-electron chi connectivity index (χ1n) is 6.73. The minimum absolute atomic E-state index is 0. The highest BCUT2D eigenvalue weighted by atomic mass is 79.9. The van der Waals surface area contributed by atoms with E-state index in [0.29, 0.717) is 10.9 Å². The van der Waals surface area contributed by atoms with Gasteiger partial charge in [0.05, 0.1) is 4.47 Å². The summed E-state index contributed by atoms with van der Waals surface area (Å²) >= 11 is 3.14. The number of benzene rings is 1. The van der Waals surface area contributed by atoms with Gasteiger partial charge in [-0.2, -0.15) is 0 Å². The van der Waals surface area contributed by atoms with Gasteiger partial charge in [-0.05, 0) is 41.4 Å². The molecule has 1 atom stereocenters. The second-order valence-corrected chi connectivity index (χ2v) is 6.07. The summed E-state index contributed by atoms with van der Waals surface area (Å²) < 4.78 is 28.8. The summed E-state index contributed by atoms with van der Waals surface area (Å²) in [7, 11) is 0. The lowest BCUT2D eigenvalue weighted by atomic mass is 9.97. The lowest BCUT2D eigenvalue weighted by molar-refractivity contribution is 0.165. The van der Waals surface area contributed by atoms with Crippen molar-refractivity contribution in [2.24, 2.45) is 0 Å². The monoisotopic (exact) mass is 416 g/mol. The molecule has 2 nitrogen and oxygen atoms in total. The van der Waals surface area contributed by atoms with Gasteiger partial charge in [0.1, 0.15) is 11.6 Å². The maximum absolute atomic E-state index is 14.4. The summed E-state index contributed by atoms with van der Waals surface area (Å²) in [5.74, 6) is -0.995. The van der Waals surface area contributed by atoms with Crippen molar-refractivity contribution in [2.75, 3.05) is 26.2 Å². The maximum atomic E-state index is 14.4. The molecule has 1 saturated heterocycles. The quantitative estimate of drug-likeness (QED) is 0.573. The minimum atomic E-state index is -0.505. The average Bonchev–Trinajstić information content (AvgIpc) is 2.43. The third-order valence-electron chi connectivity index (χ3n) is 3.55. The molecular formula is C15H21BrCl2F2N2. The summed E-state index contributed by atoms with van der Waals surface area (Å²) in [5.41, 5.74) is 1.07. The van der Waals surface area contributed by atoms with Crippen molar-refractivity contribution in [1.82, 2.24) is 10.2 Å². The van der Waals surface area contributed by atoms with Crippen molar-refractivity contribution in [3.05, 3.63) is 46.0 Å². The number of rotatable bonds is 4. The lowest BCUT2D eigenvalue weighted by Gasteiger charge is -2.35. The molecule has 1 N–H and O–H groups in total. The van der Waals surface area contributed by atoms with Crippen molar-refractivity contribution >= 4 is 40.7 Å². The number of halogens is 5. The molecule has 2 rings (SSSR count). The molecule has 0 saturated carbocycles. The van der Waals surface area contributed by atoms with E-state index in [9.17, 15) is 8.78 Å². The first-order chi connectivity index (χ1) is 9.50. The van der Waals surface area contributed by atoms with Crippen LogP contribution in [0.5, 0.6) is 0 Å². The predicted molar refractivity (Wildman–Crippen MR) is 95.2 cm³/mol. The molecule has 1 fully saturated rings. The van der Waals surface area contributed by atoms with Crippen molar-refractivity contribution in [3.63, 3.8) is 0 Å². The van der Waals surface area contributed by atoms with Crippen LogP contribution in [-0.2, 0) is 0 Å². The Morgan fingerprint density at radius 1 is 1.32 bits per heavy atom. The molecule has 0 unspecified atom stereocenters. The molecule has 126 valence electrons. The van der Waals surface area contributed by atoms with E-state index in [-0.39, 0.29) is 36.4 Å². The van der Waals surface area contributed by atoms with Gasteiger partial charge in [0.25, 0.3) is 0 Å². The molecule has 1 heterocycles. The van der Waals surface area contributed by atoms with Crippen molar-refractivity contribution < 1.29 is 8.78 Å². The Bertz CT molecular complexity index is 509. The Morgan fingerprint density at radius 2 is 1.91 bits per heavy atom. The highest BCUT2D eigenvalue weighted by Crippen LogP contribution is 2.34. The number of piperazine rings is 1. The molecule has 1 aromatic rings. The number of nitrogens with zero attached hydrogens (tertiary/aromatic N) is 1. The molecule has 0 bridgehead atoms. The fourth-order valence-electron chi connectivity index (χ4n) is 2.59. The predicted octanol–water partition coefficient (Wildman–Crippen LogP) is 4.48. The van der Waals surface area contributed by atoms with Crippen LogP contribution in [0.1, 0.15) is 24.9 Å². The van der Waals surface area contributed by atoms with Gasteiger partial charge in [-0.25, -0.2) is 8.78 Å². The van der Waals surface area contributed by atoms with Crippen LogP contribution in [-0.4, -0.2) is 31.1 Å². The first kappa shape index (κ1) is 21.8. The average molecular weight is 418 g/mol. The molecule has 1 aliphatic rings. The molecule has 0 aliphatic carbocycles. The van der Waals surface area contributed by atoms with E-state index in [1.165, 1.54) is 12.1 Å². The van der Waals surface area contributed by atoms with E-state index in [4.69, 9.17) is 0 Å². The van der Waals surface area contributed by atoms with E-state index >= 15 is 0 Å². The SMILES string of the molecule is C=C(C)C[C@H](c1c(F)ccc(Br)c1F)N1CCNCC1.Cl.Cl. The second kappa shape index (κ2) is 9.83. The summed E-state index contributed by atoms with van der Waals surface area (Å²) in [6.45, 7) is 9.03.